The van der Waals surface area contributed by atoms with E-state index in [0.29, 0.717) is 41.2 Å². The van der Waals surface area contributed by atoms with Crippen LogP contribution < -0.4 is 5.56 Å². The lowest BCUT2D eigenvalue weighted by Gasteiger charge is -2.05. The Labute approximate surface area is 135 Å². The number of H-pyrrole nitrogens is 1. The molecular formula is C15H15BrN4O2. The van der Waals surface area contributed by atoms with Gasteiger partial charge in [0.15, 0.2) is 10.1 Å². The molecule has 0 spiro atoms. The average molecular weight is 363 g/mol. The molecule has 0 saturated heterocycles. The van der Waals surface area contributed by atoms with Gasteiger partial charge in [0.05, 0.1) is 19.8 Å². The van der Waals surface area contributed by atoms with E-state index in [1.54, 1.807) is 11.6 Å². The van der Waals surface area contributed by atoms with Crippen LogP contribution in [0.3, 0.4) is 0 Å². The standard InChI is InChI=1S/C15H15BrN4O2/c1-10-17-12-13(15(21)18-10)20(19-14(12)16)7-8-22-9-11-5-3-2-4-6-11/h2-6H,7-9H2,1H3,(H,17,18,21). The molecule has 3 rings (SSSR count). The lowest BCUT2D eigenvalue weighted by molar-refractivity contribution is 0.111. The van der Waals surface area contributed by atoms with Crippen molar-refractivity contribution in [3.05, 3.63) is 56.7 Å². The molecule has 1 N–H and O–H groups in total. The number of nitrogens with zero attached hydrogens (tertiary/aromatic N) is 3. The number of aromatic amines is 1. The van der Waals surface area contributed by atoms with Gasteiger partial charge >= 0.3 is 0 Å². The van der Waals surface area contributed by atoms with Crippen molar-refractivity contribution >= 4 is 27.0 Å². The highest BCUT2D eigenvalue weighted by molar-refractivity contribution is 9.10. The second-order valence-corrected chi connectivity index (χ2v) is 5.65. The van der Waals surface area contributed by atoms with Crippen molar-refractivity contribution in [2.24, 2.45) is 0 Å². The van der Waals surface area contributed by atoms with Gasteiger partial charge in [0.2, 0.25) is 0 Å². The summed E-state index contributed by atoms with van der Waals surface area (Å²) in [4.78, 5) is 19.1. The predicted octanol–water partition coefficient (Wildman–Crippen LogP) is 2.41. The normalized spacial score (nSPS) is 11.2. The summed E-state index contributed by atoms with van der Waals surface area (Å²) in [7, 11) is 0. The van der Waals surface area contributed by atoms with Crippen molar-refractivity contribution in [1.29, 1.82) is 0 Å². The van der Waals surface area contributed by atoms with Crippen LogP contribution >= 0.6 is 15.9 Å². The number of hydrogen-bond donors (Lipinski definition) is 1. The molecule has 0 fully saturated rings. The number of aryl methyl sites for hydroxylation is 1. The number of nitrogens with one attached hydrogen (secondary N) is 1. The van der Waals surface area contributed by atoms with E-state index in [4.69, 9.17) is 4.74 Å². The second-order valence-electron chi connectivity index (χ2n) is 4.90. The van der Waals surface area contributed by atoms with E-state index in [2.05, 4.69) is 31.0 Å². The Morgan fingerprint density at radius 1 is 1.32 bits per heavy atom. The molecule has 0 bridgehead atoms. The van der Waals surface area contributed by atoms with Crippen molar-refractivity contribution in [2.45, 2.75) is 20.1 Å². The Kier molecular flexibility index (Phi) is 4.35. The highest BCUT2D eigenvalue weighted by Crippen LogP contribution is 2.18. The summed E-state index contributed by atoms with van der Waals surface area (Å²) >= 11 is 3.34. The van der Waals surface area contributed by atoms with Gasteiger partial charge in [-0.25, -0.2) is 4.98 Å². The first-order valence-corrected chi connectivity index (χ1v) is 7.69. The zero-order valence-electron chi connectivity index (χ0n) is 12.0. The lowest BCUT2D eigenvalue weighted by atomic mass is 10.2. The van der Waals surface area contributed by atoms with E-state index in [-0.39, 0.29) is 5.56 Å². The minimum absolute atomic E-state index is 0.191. The Balaban J connectivity index is 1.71. The fraction of sp³-hybridized carbons (Fsp3) is 0.267. The number of ether oxygens (including phenoxy) is 1. The molecule has 1 aromatic carbocycles. The molecule has 0 aliphatic carbocycles. The van der Waals surface area contributed by atoms with Crippen LogP contribution in [0.2, 0.25) is 0 Å². The summed E-state index contributed by atoms with van der Waals surface area (Å²) in [6.07, 6.45) is 0. The molecule has 2 heterocycles. The summed E-state index contributed by atoms with van der Waals surface area (Å²) < 4.78 is 7.83. The Bertz CT molecular complexity index is 842. The average Bonchev–Trinajstić information content (AvgIpc) is 2.81. The van der Waals surface area contributed by atoms with Crippen molar-refractivity contribution in [2.75, 3.05) is 6.61 Å². The SMILES string of the molecule is Cc1nc2c(Br)nn(CCOCc3ccccc3)c2c(=O)[nH]1. The van der Waals surface area contributed by atoms with Crippen molar-refractivity contribution in [1.82, 2.24) is 19.7 Å². The summed E-state index contributed by atoms with van der Waals surface area (Å²) in [5.41, 5.74) is 1.96. The molecular weight excluding hydrogens is 348 g/mol. The largest absolute Gasteiger partial charge is 0.375 e. The van der Waals surface area contributed by atoms with Gasteiger partial charge in [-0.05, 0) is 28.4 Å². The molecule has 0 aliphatic heterocycles. The van der Waals surface area contributed by atoms with Gasteiger partial charge in [-0.1, -0.05) is 30.3 Å². The minimum Gasteiger partial charge on any atom is -0.375 e. The van der Waals surface area contributed by atoms with Gasteiger partial charge in [-0.15, -0.1) is 0 Å². The Morgan fingerprint density at radius 2 is 2.09 bits per heavy atom. The first-order chi connectivity index (χ1) is 10.6. The van der Waals surface area contributed by atoms with Gasteiger partial charge in [-0.2, -0.15) is 5.10 Å². The molecule has 0 unspecified atom stereocenters. The number of fused-ring (bicyclic) bond motifs is 1. The van der Waals surface area contributed by atoms with Crippen molar-refractivity contribution in [3.63, 3.8) is 0 Å². The Morgan fingerprint density at radius 3 is 2.86 bits per heavy atom. The molecule has 0 amide bonds. The summed E-state index contributed by atoms with van der Waals surface area (Å²) in [6.45, 7) is 3.23. The van der Waals surface area contributed by atoms with Crippen LogP contribution in [0.4, 0.5) is 0 Å². The third-order valence-corrected chi connectivity index (χ3v) is 3.77. The van der Waals surface area contributed by atoms with E-state index in [1.165, 1.54) is 0 Å². The van der Waals surface area contributed by atoms with Gasteiger partial charge in [0, 0.05) is 0 Å². The third-order valence-electron chi connectivity index (χ3n) is 3.23. The predicted molar refractivity (Wildman–Crippen MR) is 86.7 cm³/mol. The summed E-state index contributed by atoms with van der Waals surface area (Å²) in [6, 6.07) is 9.95. The number of benzene rings is 1. The third kappa shape index (κ3) is 3.10. The second kappa shape index (κ2) is 6.41. The van der Waals surface area contributed by atoms with E-state index >= 15 is 0 Å². The molecule has 22 heavy (non-hydrogen) atoms. The van der Waals surface area contributed by atoms with Gasteiger partial charge in [0.1, 0.15) is 11.3 Å². The summed E-state index contributed by atoms with van der Waals surface area (Å²) in [5, 5.41) is 4.31. The fourth-order valence-electron chi connectivity index (χ4n) is 2.24. The van der Waals surface area contributed by atoms with Gasteiger partial charge in [-0.3, -0.25) is 9.48 Å². The molecule has 0 aliphatic rings. The smallest absolute Gasteiger partial charge is 0.277 e. The number of rotatable bonds is 5. The molecule has 3 aromatic rings. The number of aromatic nitrogens is 4. The monoisotopic (exact) mass is 362 g/mol. The number of halogens is 1. The van der Waals surface area contributed by atoms with Crippen LogP contribution in [-0.4, -0.2) is 26.4 Å². The van der Waals surface area contributed by atoms with Crippen LogP contribution in [0.1, 0.15) is 11.4 Å². The summed E-state index contributed by atoms with van der Waals surface area (Å²) in [5.74, 6) is 0.568. The van der Waals surface area contributed by atoms with Gasteiger partial charge in [0.25, 0.3) is 5.56 Å². The first kappa shape index (κ1) is 14.9. The molecule has 0 atom stereocenters. The maximum atomic E-state index is 12.1. The number of hydrogen-bond acceptors (Lipinski definition) is 4. The topological polar surface area (TPSA) is 72.8 Å². The van der Waals surface area contributed by atoms with E-state index in [0.717, 1.165) is 5.56 Å². The maximum Gasteiger partial charge on any atom is 0.277 e. The van der Waals surface area contributed by atoms with Crippen molar-refractivity contribution in [3.8, 4) is 0 Å². The quantitative estimate of drug-likeness (QED) is 0.707. The molecule has 6 nitrogen and oxygen atoms in total. The zero-order chi connectivity index (χ0) is 15.5. The van der Waals surface area contributed by atoms with E-state index < -0.39 is 0 Å². The zero-order valence-corrected chi connectivity index (χ0v) is 13.6. The first-order valence-electron chi connectivity index (χ1n) is 6.90. The van der Waals surface area contributed by atoms with Crippen LogP contribution in [0.25, 0.3) is 11.0 Å². The highest BCUT2D eigenvalue weighted by Gasteiger charge is 2.13. The molecule has 0 saturated carbocycles. The maximum absolute atomic E-state index is 12.1. The Hall–Kier alpha value is -1.99. The fourth-order valence-corrected chi connectivity index (χ4v) is 2.71. The lowest BCUT2D eigenvalue weighted by Crippen LogP contribution is -2.16. The molecule has 7 heteroatoms. The van der Waals surface area contributed by atoms with Crippen LogP contribution in [-0.2, 0) is 17.9 Å². The molecule has 2 aromatic heterocycles. The molecule has 0 radical (unpaired) electrons. The van der Waals surface area contributed by atoms with E-state index in [9.17, 15) is 4.79 Å². The van der Waals surface area contributed by atoms with Crippen LogP contribution in [0.15, 0.2) is 39.7 Å². The highest BCUT2D eigenvalue weighted by atomic mass is 79.9. The van der Waals surface area contributed by atoms with Crippen molar-refractivity contribution < 1.29 is 4.74 Å². The minimum atomic E-state index is -0.191. The molecule has 114 valence electrons. The van der Waals surface area contributed by atoms with E-state index in [1.807, 2.05) is 30.3 Å². The van der Waals surface area contributed by atoms with Crippen LogP contribution in [0, 0.1) is 6.92 Å². The van der Waals surface area contributed by atoms with Crippen LogP contribution in [0.5, 0.6) is 0 Å². The van der Waals surface area contributed by atoms with Gasteiger partial charge < -0.3 is 9.72 Å².